The number of aryl methyl sites for hydroxylation is 1. The molecule has 2 heterocycles. The highest BCUT2D eigenvalue weighted by atomic mass is 32.2. The van der Waals surface area contributed by atoms with Gasteiger partial charge in [-0.05, 0) is 24.3 Å². The van der Waals surface area contributed by atoms with Crippen molar-refractivity contribution in [1.29, 1.82) is 0 Å². The number of furan rings is 1. The molecule has 26 heavy (non-hydrogen) atoms. The van der Waals surface area contributed by atoms with E-state index in [4.69, 9.17) is 13.9 Å². The highest BCUT2D eigenvalue weighted by Crippen LogP contribution is 2.29. The number of hydrogen-bond acceptors (Lipinski definition) is 6. The molecule has 0 spiro atoms. The van der Waals surface area contributed by atoms with Crippen LogP contribution in [0.5, 0.6) is 11.5 Å². The van der Waals surface area contributed by atoms with Crippen LogP contribution in [0, 0.1) is 0 Å². The Labute approximate surface area is 155 Å². The average Bonchev–Trinajstić information content (AvgIpc) is 3.29. The van der Waals surface area contributed by atoms with E-state index < -0.39 is 0 Å². The first kappa shape index (κ1) is 17.9. The lowest BCUT2D eigenvalue weighted by Crippen LogP contribution is -2.11. The largest absolute Gasteiger partial charge is 0.497 e. The number of hydrogen-bond donors (Lipinski definition) is 1. The van der Waals surface area contributed by atoms with Crippen LogP contribution in [0.3, 0.4) is 0 Å². The molecule has 0 saturated heterocycles. The minimum atomic E-state index is -0.346. The van der Waals surface area contributed by atoms with Crippen molar-refractivity contribution in [2.75, 3.05) is 19.5 Å². The third-order valence-electron chi connectivity index (χ3n) is 3.66. The minimum absolute atomic E-state index is 0.235. The molecule has 0 atom stereocenters. The van der Waals surface area contributed by atoms with Gasteiger partial charge in [-0.1, -0.05) is 11.8 Å². The van der Waals surface area contributed by atoms with E-state index in [1.54, 1.807) is 43.6 Å². The predicted molar refractivity (Wildman–Crippen MR) is 99.0 cm³/mol. The Hall–Kier alpha value is -2.87. The molecule has 8 heteroatoms. The second-order valence-corrected chi connectivity index (χ2v) is 6.34. The van der Waals surface area contributed by atoms with Crippen molar-refractivity contribution in [1.82, 2.24) is 9.55 Å². The van der Waals surface area contributed by atoms with E-state index in [2.05, 4.69) is 10.3 Å². The summed E-state index contributed by atoms with van der Waals surface area (Å²) < 4.78 is 18.0. The number of ether oxygens (including phenoxy) is 2. The quantitative estimate of drug-likeness (QED) is 0.638. The molecule has 1 aromatic carbocycles. The Bertz CT molecular complexity index is 903. The maximum atomic E-state index is 12.4. The Morgan fingerprint density at radius 1 is 1.27 bits per heavy atom. The number of aromatic nitrogens is 2. The number of imidazole rings is 1. The molecule has 0 aliphatic rings. The van der Waals surface area contributed by atoms with Gasteiger partial charge < -0.3 is 23.8 Å². The van der Waals surface area contributed by atoms with Crippen molar-refractivity contribution in [3.63, 3.8) is 0 Å². The Morgan fingerprint density at radius 3 is 2.81 bits per heavy atom. The molecule has 0 fully saturated rings. The Morgan fingerprint density at radius 2 is 2.12 bits per heavy atom. The second-order valence-electron chi connectivity index (χ2n) is 5.40. The van der Waals surface area contributed by atoms with Gasteiger partial charge in [0.1, 0.15) is 17.3 Å². The molecule has 0 aliphatic heterocycles. The first-order chi connectivity index (χ1) is 12.6. The lowest BCUT2D eigenvalue weighted by atomic mass is 10.2. The highest BCUT2D eigenvalue weighted by molar-refractivity contribution is 7.98. The summed E-state index contributed by atoms with van der Waals surface area (Å²) >= 11 is 1.54. The fraction of sp³-hybridized carbons (Fsp3) is 0.222. The standard InChI is InChI=1S/C18H19N3O4S/c1-21-9-8-19-18(21)26-11-13-5-7-15(25-13)17(22)20-14-6-4-12(23-2)10-16(14)24-3/h4-10H,11H2,1-3H3,(H,20,22). The summed E-state index contributed by atoms with van der Waals surface area (Å²) in [4.78, 5) is 16.7. The fourth-order valence-corrected chi connectivity index (χ4v) is 3.12. The normalized spacial score (nSPS) is 10.6. The monoisotopic (exact) mass is 373 g/mol. The summed E-state index contributed by atoms with van der Waals surface area (Å²) in [7, 11) is 5.03. The van der Waals surface area contributed by atoms with Gasteiger partial charge >= 0.3 is 0 Å². The van der Waals surface area contributed by atoms with E-state index in [9.17, 15) is 4.79 Å². The van der Waals surface area contributed by atoms with Crippen molar-refractivity contribution in [3.8, 4) is 11.5 Å². The summed E-state index contributed by atoms with van der Waals surface area (Å²) in [5.41, 5.74) is 0.540. The molecule has 7 nitrogen and oxygen atoms in total. The van der Waals surface area contributed by atoms with E-state index in [1.807, 2.05) is 17.8 Å². The Balaban J connectivity index is 1.65. The SMILES string of the molecule is COc1ccc(NC(=O)c2ccc(CSc3nccn3C)o2)c(OC)c1. The van der Waals surface area contributed by atoms with Crippen LogP contribution in [0.1, 0.15) is 16.3 Å². The molecule has 0 radical (unpaired) electrons. The van der Waals surface area contributed by atoms with E-state index in [0.29, 0.717) is 28.7 Å². The van der Waals surface area contributed by atoms with Gasteiger partial charge in [0.25, 0.3) is 5.91 Å². The van der Waals surface area contributed by atoms with Gasteiger partial charge in [-0.2, -0.15) is 0 Å². The number of methoxy groups -OCH3 is 2. The summed E-state index contributed by atoms with van der Waals surface area (Å²) in [6, 6.07) is 8.61. The first-order valence-corrected chi connectivity index (χ1v) is 8.81. The molecule has 0 aliphatic carbocycles. The summed E-state index contributed by atoms with van der Waals surface area (Å²) in [6.45, 7) is 0. The molecule has 0 bridgehead atoms. The van der Waals surface area contributed by atoms with Gasteiger partial charge in [0.2, 0.25) is 0 Å². The number of nitrogens with zero attached hydrogens (tertiary/aromatic N) is 2. The molecule has 3 aromatic rings. The number of rotatable bonds is 7. The molecule has 1 N–H and O–H groups in total. The van der Waals surface area contributed by atoms with E-state index >= 15 is 0 Å². The average molecular weight is 373 g/mol. The smallest absolute Gasteiger partial charge is 0.291 e. The highest BCUT2D eigenvalue weighted by Gasteiger charge is 2.15. The molecule has 0 unspecified atom stereocenters. The van der Waals surface area contributed by atoms with Crippen molar-refractivity contribution < 1.29 is 18.7 Å². The van der Waals surface area contributed by atoms with Crippen LogP contribution in [0.15, 0.2) is 52.3 Å². The lowest BCUT2D eigenvalue weighted by Gasteiger charge is -2.10. The lowest BCUT2D eigenvalue weighted by molar-refractivity contribution is 0.0995. The van der Waals surface area contributed by atoms with Crippen molar-refractivity contribution in [2.24, 2.45) is 7.05 Å². The third-order valence-corrected chi connectivity index (χ3v) is 4.74. The summed E-state index contributed by atoms with van der Waals surface area (Å²) in [6.07, 6.45) is 3.62. The molecule has 2 aromatic heterocycles. The van der Waals surface area contributed by atoms with Crippen LogP contribution in [0.25, 0.3) is 0 Å². The number of amides is 1. The van der Waals surface area contributed by atoms with Gasteiger partial charge in [-0.25, -0.2) is 4.98 Å². The molecule has 136 valence electrons. The van der Waals surface area contributed by atoms with Crippen LogP contribution in [-0.2, 0) is 12.8 Å². The molecule has 0 saturated carbocycles. The Kier molecular flexibility index (Phi) is 5.52. The zero-order valence-corrected chi connectivity index (χ0v) is 15.5. The number of benzene rings is 1. The van der Waals surface area contributed by atoms with Crippen LogP contribution in [0.2, 0.25) is 0 Å². The molecular weight excluding hydrogens is 354 g/mol. The van der Waals surface area contributed by atoms with Crippen LogP contribution < -0.4 is 14.8 Å². The van der Waals surface area contributed by atoms with E-state index in [0.717, 1.165) is 5.16 Å². The zero-order chi connectivity index (χ0) is 18.5. The number of nitrogens with one attached hydrogen (secondary N) is 1. The van der Waals surface area contributed by atoms with Crippen LogP contribution in [-0.4, -0.2) is 29.7 Å². The summed E-state index contributed by atoms with van der Waals surface area (Å²) in [5, 5.41) is 3.67. The maximum Gasteiger partial charge on any atom is 0.291 e. The molecule has 3 rings (SSSR count). The number of carbonyl (C=O) groups is 1. The number of thioether (sulfide) groups is 1. The van der Waals surface area contributed by atoms with Gasteiger partial charge in [0, 0.05) is 25.5 Å². The van der Waals surface area contributed by atoms with Crippen molar-refractivity contribution >= 4 is 23.4 Å². The van der Waals surface area contributed by atoms with Gasteiger partial charge in [0.05, 0.1) is 25.7 Å². The third kappa shape index (κ3) is 4.02. The maximum absolute atomic E-state index is 12.4. The van der Waals surface area contributed by atoms with Crippen LogP contribution >= 0.6 is 11.8 Å². The topological polar surface area (TPSA) is 78.5 Å². The predicted octanol–water partition coefficient (Wildman–Crippen LogP) is 3.57. The molecular formula is C18H19N3O4S. The van der Waals surface area contributed by atoms with E-state index in [-0.39, 0.29) is 11.7 Å². The van der Waals surface area contributed by atoms with Crippen molar-refractivity contribution in [3.05, 3.63) is 54.2 Å². The number of carbonyl (C=O) groups excluding carboxylic acids is 1. The second kappa shape index (κ2) is 8.01. The zero-order valence-electron chi connectivity index (χ0n) is 14.7. The fourth-order valence-electron chi connectivity index (χ4n) is 2.29. The van der Waals surface area contributed by atoms with Crippen LogP contribution in [0.4, 0.5) is 5.69 Å². The number of anilines is 1. The van der Waals surface area contributed by atoms with E-state index in [1.165, 1.54) is 18.9 Å². The summed E-state index contributed by atoms with van der Waals surface area (Å²) in [5.74, 6) is 2.33. The van der Waals surface area contributed by atoms with Gasteiger partial charge in [0.15, 0.2) is 10.9 Å². The van der Waals surface area contributed by atoms with Gasteiger partial charge in [-0.3, -0.25) is 4.79 Å². The minimum Gasteiger partial charge on any atom is -0.497 e. The molecule has 1 amide bonds. The van der Waals surface area contributed by atoms with Crippen molar-refractivity contribution in [2.45, 2.75) is 10.9 Å². The van der Waals surface area contributed by atoms with Gasteiger partial charge in [-0.15, -0.1) is 0 Å². The first-order valence-electron chi connectivity index (χ1n) is 7.83.